The van der Waals surface area contributed by atoms with Crippen molar-refractivity contribution < 1.29 is 14.3 Å². The fraction of sp³-hybridized carbons (Fsp3) is 0.471. The number of amides is 1. The summed E-state index contributed by atoms with van der Waals surface area (Å²) in [4.78, 5) is 27.9. The van der Waals surface area contributed by atoms with Gasteiger partial charge in [-0.25, -0.2) is 4.98 Å². The van der Waals surface area contributed by atoms with Gasteiger partial charge in [-0.15, -0.1) is 0 Å². The molecule has 1 N–H and O–H groups in total. The van der Waals surface area contributed by atoms with Gasteiger partial charge in [0.2, 0.25) is 5.91 Å². The second-order valence-electron chi connectivity index (χ2n) is 5.85. The Morgan fingerprint density at radius 2 is 2.13 bits per heavy atom. The zero-order valence-electron chi connectivity index (χ0n) is 13.2. The molecule has 0 bridgehead atoms. The summed E-state index contributed by atoms with van der Waals surface area (Å²) in [5.41, 5.74) is 1.79. The number of carbonyl (C=O) groups excluding carboxylic acids is 2. The highest BCUT2D eigenvalue weighted by molar-refractivity contribution is 5.81. The molecule has 1 aliphatic rings. The van der Waals surface area contributed by atoms with Crippen LogP contribution in [0.1, 0.15) is 25.1 Å². The van der Waals surface area contributed by atoms with Gasteiger partial charge in [0.25, 0.3) is 0 Å². The van der Waals surface area contributed by atoms with Crippen molar-refractivity contribution in [3.05, 3.63) is 30.1 Å². The molecule has 0 atom stereocenters. The van der Waals surface area contributed by atoms with Crippen LogP contribution in [0.4, 0.5) is 0 Å². The maximum absolute atomic E-state index is 11.6. The Balaban J connectivity index is 1.67. The number of ether oxygens (including phenoxy) is 1. The van der Waals surface area contributed by atoms with Crippen molar-refractivity contribution in [2.45, 2.75) is 32.2 Å². The largest absolute Gasteiger partial charge is 0.468 e. The van der Waals surface area contributed by atoms with E-state index in [9.17, 15) is 9.59 Å². The van der Waals surface area contributed by atoms with Gasteiger partial charge in [-0.1, -0.05) is 12.1 Å². The van der Waals surface area contributed by atoms with Crippen LogP contribution in [0.25, 0.3) is 11.0 Å². The summed E-state index contributed by atoms with van der Waals surface area (Å²) in [6, 6.07) is 7.74. The van der Waals surface area contributed by atoms with E-state index in [2.05, 4.69) is 10.3 Å². The maximum Gasteiger partial charge on any atom is 0.325 e. The number of hydrogen-bond donors (Lipinski definition) is 1. The van der Waals surface area contributed by atoms with Crippen LogP contribution < -0.4 is 5.32 Å². The van der Waals surface area contributed by atoms with E-state index in [0.717, 1.165) is 36.1 Å². The molecule has 6 heteroatoms. The molecule has 3 rings (SSSR count). The van der Waals surface area contributed by atoms with Crippen LogP contribution in [-0.2, 0) is 27.3 Å². The van der Waals surface area contributed by atoms with E-state index in [-0.39, 0.29) is 24.3 Å². The number of para-hydroxylation sites is 2. The number of nitrogens with one attached hydrogen (secondary N) is 1. The SMILES string of the molecule is COC(=O)Cn1c(CCCNC(=O)C2CC2)nc2ccccc21. The van der Waals surface area contributed by atoms with E-state index >= 15 is 0 Å². The third kappa shape index (κ3) is 3.70. The van der Waals surface area contributed by atoms with Crippen molar-refractivity contribution in [2.24, 2.45) is 5.92 Å². The minimum Gasteiger partial charge on any atom is -0.468 e. The number of aromatic nitrogens is 2. The normalized spacial score (nSPS) is 14.0. The molecule has 23 heavy (non-hydrogen) atoms. The molecule has 1 heterocycles. The summed E-state index contributed by atoms with van der Waals surface area (Å²) in [6.07, 6.45) is 3.53. The van der Waals surface area contributed by atoms with Crippen LogP contribution in [0.15, 0.2) is 24.3 Å². The van der Waals surface area contributed by atoms with E-state index in [1.54, 1.807) is 0 Å². The fourth-order valence-corrected chi connectivity index (χ4v) is 2.63. The van der Waals surface area contributed by atoms with Crippen LogP contribution in [0.3, 0.4) is 0 Å². The first-order valence-electron chi connectivity index (χ1n) is 7.97. The van der Waals surface area contributed by atoms with Crippen LogP contribution in [0.5, 0.6) is 0 Å². The molecule has 1 aromatic heterocycles. The van der Waals surface area contributed by atoms with Gasteiger partial charge in [-0.05, 0) is 31.4 Å². The van der Waals surface area contributed by atoms with Gasteiger partial charge >= 0.3 is 5.97 Å². The zero-order valence-corrected chi connectivity index (χ0v) is 13.2. The first-order valence-corrected chi connectivity index (χ1v) is 7.97. The maximum atomic E-state index is 11.6. The number of fused-ring (bicyclic) bond motifs is 1. The van der Waals surface area contributed by atoms with E-state index in [1.807, 2.05) is 28.8 Å². The number of nitrogens with zero attached hydrogens (tertiary/aromatic N) is 2. The fourth-order valence-electron chi connectivity index (χ4n) is 2.63. The molecule has 1 saturated carbocycles. The van der Waals surface area contributed by atoms with Crippen LogP contribution in [0.2, 0.25) is 0 Å². The molecule has 0 aliphatic heterocycles. The Morgan fingerprint density at radius 3 is 2.87 bits per heavy atom. The minimum atomic E-state index is -0.295. The van der Waals surface area contributed by atoms with Gasteiger partial charge in [0.15, 0.2) is 0 Å². The third-order valence-electron chi connectivity index (χ3n) is 4.07. The Morgan fingerprint density at radius 1 is 1.35 bits per heavy atom. The number of hydrogen-bond acceptors (Lipinski definition) is 4. The lowest BCUT2D eigenvalue weighted by molar-refractivity contribution is -0.141. The minimum absolute atomic E-state index is 0.154. The first-order chi connectivity index (χ1) is 11.2. The lowest BCUT2D eigenvalue weighted by Crippen LogP contribution is -2.26. The van der Waals surface area contributed by atoms with E-state index in [1.165, 1.54) is 7.11 Å². The molecule has 122 valence electrons. The smallest absolute Gasteiger partial charge is 0.325 e. The Labute approximate surface area is 134 Å². The number of aryl methyl sites for hydroxylation is 1. The zero-order chi connectivity index (χ0) is 16.2. The predicted molar refractivity (Wildman–Crippen MR) is 85.8 cm³/mol. The Kier molecular flexibility index (Phi) is 4.60. The standard InChI is InChI=1S/C17H21N3O3/c1-23-16(21)11-20-14-6-3-2-5-13(14)19-15(20)7-4-10-18-17(22)12-8-9-12/h2-3,5-6,12H,4,7-11H2,1H3,(H,18,22). The van der Waals surface area contributed by atoms with E-state index in [0.29, 0.717) is 13.0 Å². The molecule has 6 nitrogen and oxygen atoms in total. The number of imidazole rings is 1. The highest BCUT2D eigenvalue weighted by Gasteiger charge is 2.29. The Bertz CT molecular complexity index is 719. The van der Waals surface area contributed by atoms with E-state index < -0.39 is 0 Å². The first kappa shape index (κ1) is 15.5. The third-order valence-corrected chi connectivity index (χ3v) is 4.07. The average molecular weight is 315 g/mol. The summed E-state index contributed by atoms with van der Waals surface area (Å²) < 4.78 is 6.67. The average Bonchev–Trinajstić information content (AvgIpc) is 3.36. The van der Waals surface area contributed by atoms with Crippen molar-refractivity contribution >= 4 is 22.9 Å². The summed E-state index contributed by atoms with van der Waals surface area (Å²) in [7, 11) is 1.38. The van der Waals surface area contributed by atoms with Crippen LogP contribution >= 0.6 is 0 Å². The highest BCUT2D eigenvalue weighted by atomic mass is 16.5. The molecule has 0 spiro atoms. The number of carbonyl (C=O) groups is 2. The monoisotopic (exact) mass is 315 g/mol. The molecular formula is C17H21N3O3. The molecule has 2 aromatic rings. The summed E-state index contributed by atoms with van der Waals surface area (Å²) in [5.74, 6) is 0.945. The van der Waals surface area contributed by atoms with Gasteiger partial charge in [0.05, 0.1) is 18.1 Å². The van der Waals surface area contributed by atoms with Crippen LogP contribution in [-0.4, -0.2) is 35.1 Å². The molecule has 1 aromatic carbocycles. The summed E-state index contributed by atoms with van der Waals surface area (Å²) in [6.45, 7) is 0.789. The van der Waals surface area contributed by atoms with Gasteiger partial charge in [-0.2, -0.15) is 0 Å². The van der Waals surface area contributed by atoms with Gasteiger partial charge in [0, 0.05) is 18.9 Å². The molecule has 1 fully saturated rings. The number of rotatable bonds is 7. The van der Waals surface area contributed by atoms with E-state index in [4.69, 9.17) is 4.74 Å². The van der Waals surface area contributed by atoms with Crippen molar-refractivity contribution in [3.63, 3.8) is 0 Å². The molecule has 0 saturated heterocycles. The van der Waals surface area contributed by atoms with Gasteiger partial charge in [-0.3, -0.25) is 9.59 Å². The molecule has 1 aliphatic carbocycles. The lowest BCUT2D eigenvalue weighted by Gasteiger charge is -2.08. The lowest BCUT2D eigenvalue weighted by atomic mass is 10.2. The molecule has 1 amide bonds. The second-order valence-corrected chi connectivity index (χ2v) is 5.85. The number of benzene rings is 1. The van der Waals surface area contributed by atoms with Gasteiger partial charge in [0.1, 0.15) is 12.4 Å². The quantitative estimate of drug-likeness (QED) is 0.623. The van der Waals surface area contributed by atoms with Crippen molar-refractivity contribution in [1.29, 1.82) is 0 Å². The molecular weight excluding hydrogens is 294 g/mol. The van der Waals surface area contributed by atoms with Crippen molar-refractivity contribution in [1.82, 2.24) is 14.9 Å². The second kappa shape index (κ2) is 6.81. The van der Waals surface area contributed by atoms with Crippen molar-refractivity contribution in [2.75, 3.05) is 13.7 Å². The van der Waals surface area contributed by atoms with Crippen LogP contribution in [0, 0.1) is 5.92 Å². The summed E-state index contributed by atoms with van der Waals surface area (Å²) in [5, 5.41) is 2.95. The summed E-state index contributed by atoms with van der Waals surface area (Å²) >= 11 is 0. The number of esters is 1. The topological polar surface area (TPSA) is 73.2 Å². The molecule has 0 radical (unpaired) electrons. The highest BCUT2D eigenvalue weighted by Crippen LogP contribution is 2.28. The number of methoxy groups -OCH3 is 1. The molecule has 0 unspecified atom stereocenters. The predicted octanol–water partition coefficient (Wildman–Crippen LogP) is 1.67. The van der Waals surface area contributed by atoms with Crippen molar-refractivity contribution in [3.8, 4) is 0 Å². The van der Waals surface area contributed by atoms with Gasteiger partial charge < -0.3 is 14.6 Å². The Hall–Kier alpha value is -2.37.